The van der Waals surface area contributed by atoms with E-state index in [9.17, 15) is 9.59 Å². The van der Waals surface area contributed by atoms with Crippen LogP contribution in [0.4, 0.5) is 11.4 Å². The van der Waals surface area contributed by atoms with E-state index in [1.165, 1.54) is 6.20 Å². The van der Waals surface area contributed by atoms with Gasteiger partial charge in [-0.3, -0.25) is 4.79 Å². The van der Waals surface area contributed by atoms with Gasteiger partial charge in [0.2, 0.25) is 0 Å². The second kappa shape index (κ2) is 10.7. The Labute approximate surface area is 173 Å². The summed E-state index contributed by atoms with van der Waals surface area (Å²) in [6, 6.07) is 15.4. The number of hydrogen-bond acceptors (Lipinski definition) is 6. The highest BCUT2D eigenvalue weighted by atomic mass is 35.5. The fourth-order valence-electron chi connectivity index (χ4n) is 2.18. The number of hydrogen-bond donors (Lipinski definition) is 2. The number of anilines is 2. The minimum Gasteiger partial charge on any atom is -0.479 e. The predicted molar refractivity (Wildman–Crippen MR) is 111 cm³/mol. The Morgan fingerprint density at radius 3 is 2.45 bits per heavy atom. The van der Waals surface area contributed by atoms with Crippen LogP contribution >= 0.6 is 11.6 Å². The average molecular weight is 414 g/mol. The van der Waals surface area contributed by atoms with E-state index in [4.69, 9.17) is 26.3 Å². The highest BCUT2D eigenvalue weighted by Crippen LogP contribution is 2.24. The lowest BCUT2D eigenvalue weighted by Crippen LogP contribution is -2.30. The van der Waals surface area contributed by atoms with E-state index in [2.05, 4.69) is 10.6 Å². The van der Waals surface area contributed by atoms with Gasteiger partial charge in [-0.2, -0.15) is 5.26 Å². The summed E-state index contributed by atoms with van der Waals surface area (Å²) in [5.74, 6) is -0.600. The van der Waals surface area contributed by atoms with Crippen LogP contribution in [0.3, 0.4) is 0 Å². The summed E-state index contributed by atoms with van der Waals surface area (Å²) in [4.78, 5) is 23.9. The Morgan fingerprint density at radius 2 is 1.83 bits per heavy atom. The first-order valence-corrected chi connectivity index (χ1v) is 9.18. The standard InChI is InChI=1S/C21H20ClN3O4/c1-3-28-21(27)15(12-23)13-24-16-8-10-17(11-9-16)25-20(26)14(2)29-19-7-5-4-6-18(19)22/h4-11,13-14,24H,3H2,1-2H3,(H,25,26)/b15-13-. The van der Waals surface area contributed by atoms with Crippen molar-refractivity contribution in [2.45, 2.75) is 20.0 Å². The van der Waals surface area contributed by atoms with Crippen LogP contribution in [0.2, 0.25) is 5.02 Å². The molecule has 8 heteroatoms. The third kappa shape index (κ3) is 6.55. The van der Waals surface area contributed by atoms with Gasteiger partial charge in [0, 0.05) is 17.6 Å². The average Bonchev–Trinajstić information content (AvgIpc) is 2.71. The van der Waals surface area contributed by atoms with Crippen LogP contribution in [0.15, 0.2) is 60.3 Å². The van der Waals surface area contributed by atoms with Crippen molar-refractivity contribution in [3.8, 4) is 11.8 Å². The molecule has 0 saturated carbocycles. The van der Waals surface area contributed by atoms with Gasteiger partial charge in [0.1, 0.15) is 11.8 Å². The molecule has 29 heavy (non-hydrogen) atoms. The molecule has 0 aromatic heterocycles. The fraction of sp³-hybridized carbons (Fsp3) is 0.190. The maximum absolute atomic E-state index is 12.3. The largest absolute Gasteiger partial charge is 0.479 e. The van der Waals surface area contributed by atoms with E-state index in [1.807, 2.05) is 0 Å². The molecule has 2 aromatic rings. The zero-order valence-corrected chi connectivity index (χ0v) is 16.7. The Hall–Kier alpha value is -3.50. The molecule has 7 nitrogen and oxygen atoms in total. The van der Waals surface area contributed by atoms with E-state index in [0.717, 1.165) is 0 Å². The van der Waals surface area contributed by atoms with Crippen molar-refractivity contribution in [1.29, 1.82) is 5.26 Å². The van der Waals surface area contributed by atoms with E-state index < -0.39 is 12.1 Å². The highest BCUT2D eigenvalue weighted by molar-refractivity contribution is 6.32. The number of ether oxygens (including phenoxy) is 2. The Kier molecular flexibility index (Phi) is 8.07. The molecule has 0 saturated heterocycles. The molecule has 0 aliphatic heterocycles. The highest BCUT2D eigenvalue weighted by Gasteiger charge is 2.16. The number of para-hydroxylation sites is 1. The van der Waals surface area contributed by atoms with Gasteiger partial charge in [0.25, 0.3) is 5.91 Å². The van der Waals surface area contributed by atoms with Crippen LogP contribution in [0.25, 0.3) is 0 Å². The zero-order chi connectivity index (χ0) is 21.2. The minimum absolute atomic E-state index is 0.144. The van der Waals surface area contributed by atoms with E-state index in [1.54, 1.807) is 68.4 Å². The predicted octanol–water partition coefficient (Wildman–Crippen LogP) is 4.13. The number of carbonyl (C=O) groups is 2. The first-order chi connectivity index (χ1) is 13.9. The molecule has 0 aliphatic carbocycles. The van der Waals surface area contributed by atoms with Crippen LogP contribution in [0, 0.1) is 11.3 Å². The van der Waals surface area contributed by atoms with Gasteiger partial charge in [-0.15, -0.1) is 0 Å². The van der Waals surface area contributed by atoms with Gasteiger partial charge in [-0.05, 0) is 50.2 Å². The van der Waals surface area contributed by atoms with Gasteiger partial charge < -0.3 is 20.1 Å². The lowest BCUT2D eigenvalue weighted by Gasteiger charge is -2.15. The smallest absolute Gasteiger partial charge is 0.350 e. The van der Waals surface area contributed by atoms with Crippen molar-refractivity contribution >= 4 is 34.9 Å². The van der Waals surface area contributed by atoms with Crippen molar-refractivity contribution < 1.29 is 19.1 Å². The molecule has 0 spiro atoms. The normalized spacial score (nSPS) is 11.7. The summed E-state index contributed by atoms with van der Waals surface area (Å²) >= 11 is 6.03. The zero-order valence-electron chi connectivity index (χ0n) is 15.9. The van der Waals surface area contributed by atoms with Gasteiger partial charge in [0.05, 0.1) is 11.6 Å². The third-order valence-corrected chi connectivity index (χ3v) is 3.97. The first-order valence-electron chi connectivity index (χ1n) is 8.80. The summed E-state index contributed by atoms with van der Waals surface area (Å²) in [5, 5.41) is 15.0. The Bertz CT molecular complexity index is 936. The molecule has 0 bridgehead atoms. The number of halogens is 1. The van der Waals surface area contributed by atoms with Crippen molar-refractivity contribution in [3.05, 3.63) is 65.3 Å². The summed E-state index contributed by atoms with van der Waals surface area (Å²) < 4.78 is 10.4. The number of amides is 1. The Morgan fingerprint density at radius 1 is 1.17 bits per heavy atom. The molecule has 1 amide bonds. The van der Waals surface area contributed by atoms with Crippen LogP contribution in [0.5, 0.6) is 5.75 Å². The molecule has 2 N–H and O–H groups in total. The summed E-state index contributed by atoms with van der Waals surface area (Å²) in [7, 11) is 0. The molecule has 1 unspecified atom stereocenters. The second-order valence-electron chi connectivity index (χ2n) is 5.79. The quantitative estimate of drug-likeness (QED) is 0.383. The second-order valence-corrected chi connectivity index (χ2v) is 6.20. The number of carbonyl (C=O) groups excluding carboxylic acids is 2. The van der Waals surface area contributed by atoms with Crippen LogP contribution < -0.4 is 15.4 Å². The summed E-state index contributed by atoms with van der Waals surface area (Å²) in [6.45, 7) is 3.47. The fourth-order valence-corrected chi connectivity index (χ4v) is 2.36. The first kappa shape index (κ1) is 21.8. The lowest BCUT2D eigenvalue weighted by atomic mass is 10.2. The van der Waals surface area contributed by atoms with Crippen molar-refractivity contribution in [2.24, 2.45) is 0 Å². The van der Waals surface area contributed by atoms with Gasteiger partial charge >= 0.3 is 5.97 Å². The van der Waals surface area contributed by atoms with Gasteiger partial charge in [-0.1, -0.05) is 23.7 Å². The van der Waals surface area contributed by atoms with Gasteiger partial charge in [-0.25, -0.2) is 4.79 Å². The van der Waals surface area contributed by atoms with Crippen LogP contribution in [0.1, 0.15) is 13.8 Å². The number of rotatable bonds is 8. The monoisotopic (exact) mass is 413 g/mol. The third-order valence-electron chi connectivity index (χ3n) is 3.66. The van der Waals surface area contributed by atoms with Crippen molar-refractivity contribution in [1.82, 2.24) is 0 Å². The molecular weight excluding hydrogens is 394 g/mol. The van der Waals surface area contributed by atoms with Crippen LogP contribution in [-0.4, -0.2) is 24.6 Å². The number of esters is 1. The van der Waals surface area contributed by atoms with Gasteiger partial charge in [0.15, 0.2) is 11.7 Å². The molecule has 0 fully saturated rings. The SMILES string of the molecule is CCOC(=O)/C(C#N)=C\Nc1ccc(NC(=O)C(C)Oc2ccccc2Cl)cc1. The van der Waals surface area contributed by atoms with Crippen LogP contribution in [-0.2, 0) is 14.3 Å². The maximum atomic E-state index is 12.3. The molecule has 2 aromatic carbocycles. The van der Waals surface area contributed by atoms with E-state index >= 15 is 0 Å². The van der Waals surface area contributed by atoms with Crippen molar-refractivity contribution in [3.63, 3.8) is 0 Å². The number of nitrogens with one attached hydrogen (secondary N) is 2. The molecular formula is C21H20ClN3O4. The van der Waals surface area contributed by atoms with E-state index in [-0.39, 0.29) is 18.1 Å². The molecule has 0 heterocycles. The number of nitriles is 1. The number of nitrogens with zero attached hydrogens (tertiary/aromatic N) is 1. The van der Waals surface area contributed by atoms with Crippen molar-refractivity contribution in [2.75, 3.05) is 17.2 Å². The Balaban J connectivity index is 1.94. The topological polar surface area (TPSA) is 100 Å². The maximum Gasteiger partial charge on any atom is 0.350 e. The molecule has 0 radical (unpaired) electrons. The van der Waals surface area contributed by atoms with E-state index in [0.29, 0.717) is 22.1 Å². The summed E-state index contributed by atoms with van der Waals surface area (Å²) in [6.07, 6.45) is 0.517. The molecule has 150 valence electrons. The molecule has 0 aliphatic rings. The number of benzene rings is 2. The summed E-state index contributed by atoms with van der Waals surface area (Å²) in [5.41, 5.74) is 1.04. The minimum atomic E-state index is -0.751. The molecule has 2 rings (SSSR count). The molecule has 1 atom stereocenters. The lowest BCUT2D eigenvalue weighted by molar-refractivity contribution is -0.138.